The normalized spacial score (nSPS) is 13.1. The lowest BCUT2D eigenvalue weighted by atomic mass is 10.0. The topological polar surface area (TPSA) is 29.5 Å². The molecule has 0 amide bonds. The number of hydrogen-bond donors (Lipinski definition) is 0. The zero-order valence-electron chi connectivity index (χ0n) is 8.04. The number of methoxy groups -OCH3 is 1. The second-order valence-electron chi connectivity index (χ2n) is 2.90. The largest absolute Gasteiger partial charge is 0.469 e. The summed E-state index contributed by atoms with van der Waals surface area (Å²) in [6.07, 6.45) is 1.72. The molecule has 72 valence electrons. The molecule has 2 atom stereocenters. The highest BCUT2D eigenvalue weighted by atomic mass is 31.0. The molecule has 0 rings (SSSR count). The number of ether oxygens (including phenoxy) is 1. The first-order chi connectivity index (χ1) is 5.61. The molecule has 0 aromatic heterocycles. The van der Waals surface area contributed by atoms with E-state index in [1.54, 1.807) is 0 Å². The maximum atomic E-state index is 11.1. The van der Waals surface area contributed by atoms with Crippen molar-refractivity contribution in [2.45, 2.75) is 19.8 Å². The van der Waals surface area contributed by atoms with Gasteiger partial charge < -0.3 is 4.74 Å². The lowest BCUT2D eigenvalue weighted by molar-refractivity contribution is -0.145. The van der Waals surface area contributed by atoms with Crippen molar-refractivity contribution in [3.05, 3.63) is 0 Å². The molecule has 0 fully saturated rings. The second-order valence-corrected chi connectivity index (χ2v) is 3.78. The van der Waals surface area contributed by atoms with Crippen LogP contribution in [0, 0.1) is 5.92 Å². The summed E-state index contributed by atoms with van der Waals surface area (Å²) in [5.74, 6) is -0.0395. The third-order valence-corrected chi connectivity index (χ3v) is 2.12. The van der Waals surface area contributed by atoms with Gasteiger partial charge in [-0.3, -0.25) is 9.46 Å². The van der Waals surface area contributed by atoms with Crippen LogP contribution in [0.25, 0.3) is 0 Å². The van der Waals surface area contributed by atoms with Gasteiger partial charge in [-0.05, 0) is 19.9 Å². The van der Waals surface area contributed by atoms with Crippen LogP contribution in [-0.2, 0) is 9.53 Å². The van der Waals surface area contributed by atoms with E-state index >= 15 is 0 Å². The summed E-state index contributed by atoms with van der Waals surface area (Å²) in [6, 6.07) is 0. The van der Waals surface area contributed by atoms with E-state index in [2.05, 4.69) is 14.1 Å². The summed E-state index contributed by atoms with van der Waals surface area (Å²) >= 11 is 0. The third kappa shape index (κ3) is 4.68. The number of hydrogen-bond acceptors (Lipinski definition) is 3. The molecule has 0 aromatic rings. The minimum atomic E-state index is -0.0932. The Hall–Kier alpha value is -0.140. The predicted molar refractivity (Wildman–Crippen MR) is 52.8 cm³/mol. The van der Waals surface area contributed by atoms with Gasteiger partial charge in [0.15, 0.2) is 0 Å². The molecule has 0 saturated heterocycles. The molecule has 4 heteroatoms. The van der Waals surface area contributed by atoms with Gasteiger partial charge in [0.25, 0.3) is 0 Å². The molecule has 2 unspecified atom stereocenters. The van der Waals surface area contributed by atoms with E-state index in [4.69, 9.17) is 0 Å². The Morgan fingerprint density at radius 3 is 2.58 bits per heavy atom. The van der Waals surface area contributed by atoms with Gasteiger partial charge >= 0.3 is 5.97 Å². The average molecular weight is 191 g/mol. The van der Waals surface area contributed by atoms with Crippen molar-refractivity contribution >= 4 is 15.4 Å². The summed E-state index contributed by atoms with van der Waals surface area (Å²) < 4.78 is 6.66. The number of carbonyl (C=O) groups is 1. The van der Waals surface area contributed by atoms with Crippen LogP contribution >= 0.6 is 9.39 Å². The standard InChI is InChI=1S/C8H18NO2P/c1-4-7(8(10)11-3)5-6-9(2)12/h7H,4-6,12H2,1-3H3. The van der Waals surface area contributed by atoms with E-state index in [0.29, 0.717) is 0 Å². The lowest BCUT2D eigenvalue weighted by Gasteiger charge is -2.14. The molecule has 0 saturated carbocycles. The summed E-state index contributed by atoms with van der Waals surface area (Å²) in [4.78, 5) is 11.1. The molecule has 0 radical (unpaired) electrons. The van der Waals surface area contributed by atoms with Gasteiger partial charge in [-0.25, -0.2) is 0 Å². The number of carbonyl (C=O) groups excluding carboxylic acids is 1. The third-order valence-electron chi connectivity index (χ3n) is 1.86. The highest BCUT2D eigenvalue weighted by Crippen LogP contribution is 2.11. The van der Waals surface area contributed by atoms with Gasteiger partial charge in [0.05, 0.1) is 13.0 Å². The van der Waals surface area contributed by atoms with Gasteiger partial charge in [0, 0.05) is 6.54 Å². The van der Waals surface area contributed by atoms with Crippen LogP contribution in [0.1, 0.15) is 19.8 Å². The average Bonchev–Trinajstić information content (AvgIpc) is 2.04. The van der Waals surface area contributed by atoms with Gasteiger partial charge in [0.2, 0.25) is 0 Å². The van der Waals surface area contributed by atoms with E-state index in [0.717, 1.165) is 19.4 Å². The fraction of sp³-hybridized carbons (Fsp3) is 0.875. The van der Waals surface area contributed by atoms with E-state index in [1.807, 2.05) is 18.6 Å². The van der Waals surface area contributed by atoms with Crippen LogP contribution < -0.4 is 0 Å². The van der Waals surface area contributed by atoms with Crippen LogP contribution in [0.5, 0.6) is 0 Å². The summed E-state index contributed by atoms with van der Waals surface area (Å²) in [7, 11) is 5.98. The first-order valence-corrected chi connectivity index (χ1v) is 4.67. The van der Waals surface area contributed by atoms with Crippen molar-refractivity contribution < 1.29 is 9.53 Å². The number of esters is 1. The molecule has 12 heavy (non-hydrogen) atoms. The quantitative estimate of drug-likeness (QED) is 0.484. The van der Waals surface area contributed by atoms with Gasteiger partial charge in [-0.1, -0.05) is 16.3 Å². The van der Waals surface area contributed by atoms with Crippen LogP contribution in [0.4, 0.5) is 0 Å². The lowest BCUT2D eigenvalue weighted by Crippen LogP contribution is -2.19. The highest BCUT2D eigenvalue weighted by Gasteiger charge is 2.16. The van der Waals surface area contributed by atoms with Crippen molar-refractivity contribution in [2.24, 2.45) is 5.92 Å². The van der Waals surface area contributed by atoms with Crippen molar-refractivity contribution in [3.8, 4) is 0 Å². The van der Waals surface area contributed by atoms with Gasteiger partial charge in [-0.15, -0.1) is 0 Å². The Morgan fingerprint density at radius 2 is 2.25 bits per heavy atom. The number of nitrogens with zero attached hydrogens (tertiary/aromatic N) is 1. The highest BCUT2D eigenvalue weighted by molar-refractivity contribution is 7.13. The minimum Gasteiger partial charge on any atom is -0.469 e. The summed E-state index contributed by atoms with van der Waals surface area (Å²) in [5, 5.41) is 0. The van der Waals surface area contributed by atoms with Gasteiger partial charge in [0.1, 0.15) is 0 Å². The van der Waals surface area contributed by atoms with Gasteiger partial charge in [-0.2, -0.15) is 0 Å². The molecule has 0 aliphatic rings. The molecule has 0 aliphatic heterocycles. The van der Waals surface area contributed by atoms with E-state index in [-0.39, 0.29) is 11.9 Å². The molecule has 3 nitrogen and oxygen atoms in total. The molecule has 0 spiro atoms. The van der Waals surface area contributed by atoms with Crippen molar-refractivity contribution in [1.29, 1.82) is 0 Å². The van der Waals surface area contributed by atoms with E-state index < -0.39 is 0 Å². The molecule has 0 aromatic carbocycles. The zero-order valence-corrected chi connectivity index (χ0v) is 9.19. The van der Waals surface area contributed by atoms with E-state index in [9.17, 15) is 4.79 Å². The molecule has 0 N–H and O–H groups in total. The maximum absolute atomic E-state index is 11.1. The van der Waals surface area contributed by atoms with Crippen molar-refractivity contribution in [3.63, 3.8) is 0 Å². The molecule has 0 bridgehead atoms. The first-order valence-electron chi connectivity index (χ1n) is 4.15. The van der Waals surface area contributed by atoms with E-state index in [1.165, 1.54) is 7.11 Å². The van der Waals surface area contributed by atoms with Crippen molar-refractivity contribution in [2.75, 3.05) is 20.7 Å². The summed E-state index contributed by atoms with van der Waals surface area (Å²) in [5.41, 5.74) is 0. The monoisotopic (exact) mass is 191 g/mol. The SMILES string of the molecule is CCC(CCN(C)P)C(=O)OC. The Bertz CT molecular complexity index is 139. The molecular weight excluding hydrogens is 173 g/mol. The number of rotatable bonds is 5. The predicted octanol–water partition coefficient (Wildman–Crippen LogP) is 1.30. The minimum absolute atomic E-state index is 0.0537. The van der Waals surface area contributed by atoms with Crippen LogP contribution in [0.3, 0.4) is 0 Å². The maximum Gasteiger partial charge on any atom is 0.308 e. The fourth-order valence-electron chi connectivity index (χ4n) is 1.01. The zero-order chi connectivity index (χ0) is 9.56. The Kier molecular flexibility index (Phi) is 6.31. The Labute approximate surface area is 76.7 Å². The Balaban J connectivity index is 3.75. The van der Waals surface area contributed by atoms with Crippen LogP contribution in [0.15, 0.2) is 0 Å². The smallest absolute Gasteiger partial charge is 0.308 e. The van der Waals surface area contributed by atoms with Crippen LogP contribution in [-0.4, -0.2) is 31.3 Å². The first kappa shape index (κ1) is 11.9. The molecular formula is C8H18NO2P. The summed E-state index contributed by atoms with van der Waals surface area (Å²) in [6.45, 7) is 2.91. The second kappa shape index (κ2) is 6.38. The van der Waals surface area contributed by atoms with Crippen molar-refractivity contribution in [1.82, 2.24) is 4.67 Å². The molecule has 0 heterocycles. The fourth-order valence-corrected chi connectivity index (χ4v) is 1.16. The molecule has 0 aliphatic carbocycles. The van der Waals surface area contributed by atoms with Crippen LogP contribution in [0.2, 0.25) is 0 Å². The Morgan fingerprint density at radius 1 is 1.67 bits per heavy atom.